The summed E-state index contributed by atoms with van der Waals surface area (Å²) in [4.78, 5) is 4.00. The van der Waals surface area contributed by atoms with Crippen molar-refractivity contribution in [1.29, 1.82) is 0 Å². The molecule has 0 aliphatic carbocycles. The third-order valence-electron chi connectivity index (χ3n) is 2.05. The van der Waals surface area contributed by atoms with Crippen molar-refractivity contribution >= 4 is 21.6 Å². The molecule has 0 aliphatic rings. The molecule has 0 spiro atoms. The molecule has 16 heavy (non-hydrogen) atoms. The molecule has 4 heteroatoms. The minimum atomic E-state index is 0.459. The van der Waals surface area contributed by atoms with E-state index in [1.165, 1.54) is 0 Å². The molecule has 0 aliphatic heterocycles. The summed E-state index contributed by atoms with van der Waals surface area (Å²) in [6, 6.07) is 9.57. The van der Waals surface area contributed by atoms with Gasteiger partial charge in [-0.05, 0) is 34.1 Å². The maximum absolute atomic E-state index is 5.64. The molecule has 0 unspecified atom stereocenters. The number of benzene rings is 1. The van der Waals surface area contributed by atoms with Gasteiger partial charge in [0.05, 0.1) is 10.2 Å². The van der Waals surface area contributed by atoms with Crippen molar-refractivity contribution in [3.05, 3.63) is 52.8 Å². The lowest BCUT2D eigenvalue weighted by Gasteiger charge is -2.07. The van der Waals surface area contributed by atoms with Crippen LogP contribution < -0.4 is 10.5 Å². The first-order valence-corrected chi connectivity index (χ1v) is 5.62. The van der Waals surface area contributed by atoms with Gasteiger partial charge in [0.2, 0.25) is 0 Å². The topological polar surface area (TPSA) is 48.1 Å². The lowest BCUT2D eigenvalue weighted by Crippen LogP contribution is -1.98. The Morgan fingerprint density at radius 2 is 2.06 bits per heavy atom. The Kier molecular flexibility index (Phi) is 3.41. The molecule has 1 heterocycles. The molecule has 82 valence electrons. The first kappa shape index (κ1) is 11.0. The summed E-state index contributed by atoms with van der Waals surface area (Å²) in [5, 5.41) is 0. The smallest absolute Gasteiger partial charge is 0.133 e. The van der Waals surface area contributed by atoms with E-state index in [0.29, 0.717) is 12.3 Å². The number of ether oxygens (including phenoxy) is 1. The van der Waals surface area contributed by atoms with Crippen LogP contribution in [0.3, 0.4) is 0 Å². The van der Waals surface area contributed by atoms with Crippen molar-refractivity contribution in [1.82, 2.24) is 4.98 Å². The monoisotopic (exact) mass is 278 g/mol. The second-order valence-electron chi connectivity index (χ2n) is 3.35. The largest absolute Gasteiger partial charge is 0.488 e. The Morgan fingerprint density at radius 1 is 1.25 bits per heavy atom. The second kappa shape index (κ2) is 4.99. The first-order chi connectivity index (χ1) is 7.75. The van der Waals surface area contributed by atoms with E-state index in [0.717, 1.165) is 15.8 Å². The fraction of sp³-hybridized carbons (Fsp3) is 0.0833. The highest BCUT2D eigenvalue weighted by molar-refractivity contribution is 9.10. The predicted molar refractivity (Wildman–Crippen MR) is 67.1 cm³/mol. The molecule has 0 fully saturated rings. The zero-order valence-electron chi connectivity index (χ0n) is 8.56. The summed E-state index contributed by atoms with van der Waals surface area (Å²) < 4.78 is 6.57. The molecule has 0 amide bonds. The number of aromatic nitrogens is 1. The lowest BCUT2D eigenvalue weighted by molar-refractivity contribution is 0.304. The number of hydrogen-bond acceptors (Lipinski definition) is 3. The van der Waals surface area contributed by atoms with E-state index in [1.807, 2.05) is 30.3 Å². The number of anilines is 1. The van der Waals surface area contributed by atoms with Gasteiger partial charge in [0.15, 0.2) is 0 Å². The van der Waals surface area contributed by atoms with Gasteiger partial charge in [0.25, 0.3) is 0 Å². The normalized spacial score (nSPS) is 10.1. The molecule has 1 aromatic heterocycles. The standard InChI is InChI=1S/C12H11BrN2O/c13-11-3-1-2-4-12(11)16-8-9-5-10(14)7-15-6-9/h1-7H,8,14H2. The Hall–Kier alpha value is -1.55. The molecule has 1 aromatic carbocycles. The number of hydrogen-bond donors (Lipinski definition) is 1. The van der Waals surface area contributed by atoms with Crippen LogP contribution in [0.25, 0.3) is 0 Å². The van der Waals surface area contributed by atoms with Gasteiger partial charge in [-0.15, -0.1) is 0 Å². The minimum Gasteiger partial charge on any atom is -0.488 e. The Labute approximate surface area is 102 Å². The molecule has 2 N–H and O–H groups in total. The Morgan fingerprint density at radius 3 is 2.81 bits per heavy atom. The molecular formula is C12H11BrN2O. The Balaban J connectivity index is 2.05. The zero-order chi connectivity index (χ0) is 11.4. The number of para-hydroxylation sites is 1. The average molecular weight is 279 g/mol. The van der Waals surface area contributed by atoms with Crippen LogP contribution in [0.2, 0.25) is 0 Å². The van der Waals surface area contributed by atoms with E-state index in [9.17, 15) is 0 Å². The van der Waals surface area contributed by atoms with Gasteiger partial charge in [-0.3, -0.25) is 4.98 Å². The second-order valence-corrected chi connectivity index (χ2v) is 4.20. The first-order valence-electron chi connectivity index (χ1n) is 4.82. The number of nitrogen functional groups attached to an aromatic ring is 1. The van der Waals surface area contributed by atoms with Crippen molar-refractivity contribution < 1.29 is 4.74 Å². The predicted octanol–water partition coefficient (Wildman–Crippen LogP) is 3.01. The zero-order valence-corrected chi connectivity index (χ0v) is 10.1. The van der Waals surface area contributed by atoms with Crippen molar-refractivity contribution in [2.24, 2.45) is 0 Å². The Bertz CT molecular complexity index is 488. The third-order valence-corrected chi connectivity index (χ3v) is 2.70. The van der Waals surface area contributed by atoms with Crippen molar-refractivity contribution in [3.63, 3.8) is 0 Å². The quantitative estimate of drug-likeness (QED) is 0.939. The van der Waals surface area contributed by atoms with Gasteiger partial charge in [0.1, 0.15) is 12.4 Å². The number of rotatable bonds is 3. The van der Waals surface area contributed by atoms with Crippen LogP contribution in [0, 0.1) is 0 Å². The minimum absolute atomic E-state index is 0.459. The molecule has 0 saturated carbocycles. The van der Waals surface area contributed by atoms with Gasteiger partial charge in [0, 0.05) is 18.0 Å². The number of pyridine rings is 1. The van der Waals surface area contributed by atoms with Crippen LogP contribution >= 0.6 is 15.9 Å². The summed E-state index contributed by atoms with van der Waals surface area (Å²) in [5.41, 5.74) is 7.23. The van der Waals surface area contributed by atoms with Crippen LogP contribution in [-0.2, 0) is 6.61 Å². The van der Waals surface area contributed by atoms with Crippen LogP contribution in [0.1, 0.15) is 5.56 Å². The van der Waals surface area contributed by atoms with Crippen LogP contribution in [-0.4, -0.2) is 4.98 Å². The van der Waals surface area contributed by atoms with Crippen molar-refractivity contribution in [2.45, 2.75) is 6.61 Å². The van der Waals surface area contributed by atoms with Gasteiger partial charge in [-0.25, -0.2) is 0 Å². The van der Waals surface area contributed by atoms with E-state index in [4.69, 9.17) is 10.5 Å². The summed E-state index contributed by atoms with van der Waals surface area (Å²) in [7, 11) is 0. The third kappa shape index (κ3) is 2.73. The molecule has 0 saturated heterocycles. The molecular weight excluding hydrogens is 268 g/mol. The van der Waals surface area contributed by atoms with Gasteiger partial charge < -0.3 is 10.5 Å². The summed E-state index contributed by atoms with van der Waals surface area (Å²) in [6.07, 6.45) is 3.36. The summed E-state index contributed by atoms with van der Waals surface area (Å²) in [6.45, 7) is 0.459. The molecule has 0 atom stereocenters. The molecule has 2 aromatic rings. The SMILES string of the molecule is Nc1cncc(COc2ccccc2Br)c1. The highest BCUT2D eigenvalue weighted by Gasteiger charge is 2.00. The van der Waals surface area contributed by atoms with Crippen molar-refractivity contribution in [3.8, 4) is 5.75 Å². The van der Waals surface area contributed by atoms with E-state index in [-0.39, 0.29) is 0 Å². The van der Waals surface area contributed by atoms with Gasteiger partial charge in [-0.1, -0.05) is 12.1 Å². The van der Waals surface area contributed by atoms with E-state index >= 15 is 0 Å². The van der Waals surface area contributed by atoms with Crippen molar-refractivity contribution in [2.75, 3.05) is 5.73 Å². The van der Waals surface area contributed by atoms with Crippen LogP contribution in [0.15, 0.2) is 47.2 Å². The summed E-state index contributed by atoms with van der Waals surface area (Å²) in [5.74, 6) is 0.810. The van der Waals surface area contributed by atoms with Gasteiger partial charge >= 0.3 is 0 Å². The van der Waals surface area contributed by atoms with Gasteiger partial charge in [-0.2, -0.15) is 0 Å². The molecule has 0 bridgehead atoms. The fourth-order valence-electron chi connectivity index (χ4n) is 1.31. The maximum atomic E-state index is 5.64. The number of nitrogens with two attached hydrogens (primary N) is 1. The van der Waals surface area contributed by atoms with E-state index in [1.54, 1.807) is 12.4 Å². The van der Waals surface area contributed by atoms with E-state index < -0.39 is 0 Å². The molecule has 3 nitrogen and oxygen atoms in total. The van der Waals surface area contributed by atoms with E-state index in [2.05, 4.69) is 20.9 Å². The highest BCUT2D eigenvalue weighted by atomic mass is 79.9. The van der Waals surface area contributed by atoms with Crippen LogP contribution in [0.4, 0.5) is 5.69 Å². The summed E-state index contributed by atoms with van der Waals surface area (Å²) >= 11 is 3.42. The fourth-order valence-corrected chi connectivity index (χ4v) is 1.71. The number of nitrogens with zero attached hydrogens (tertiary/aromatic N) is 1. The molecule has 2 rings (SSSR count). The maximum Gasteiger partial charge on any atom is 0.133 e. The molecule has 0 radical (unpaired) electrons. The highest BCUT2D eigenvalue weighted by Crippen LogP contribution is 2.24. The number of halogens is 1. The van der Waals surface area contributed by atoms with Crippen LogP contribution in [0.5, 0.6) is 5.75 Å². The lowest BCUT2D eigenvalue weighted by atomic mass is 10.3. The average Bonchev–Trinajstić information content (AvgIpc) is 2.28.